The van der Waals surface area contributed by atoms with Crippen LogP contribution in [0.5, 0.6) is 0 Å². The molecule has 22 heavy (non-hydrogen) atoms. The van der Waals surface area contributed by atoms with Gasteiger partial charge in [-0.15, -0.1) is 0 Å². The van der Waals surface area contributed by atoms with Crippen LogP contribution < -0.4 is 5.32 Å². The molecule has 0 spiro atoms. The maximum absolute atomic E-state index is 12.5. The molecule has 2 N–H and O–H groups in total. The summed E-state index contributed by atoms with van der Waals surface area (Å²) in [7, 11) is 0. The molecule has 1 rings (SSSR count). The van der Waals surface area contributed by atoms with Gasteiger partial charge in [0.15, 0.2) is 0 Å². The molecule has 120 valence electrons. The van der Waals surface area contributed by atoms with Crippen LogP contribution in [-0.4, -0.2) is 46.9 Å². The molecular weight excluding hydrogens is 376 g/mol. The Bertz CT molecular complexity index is 594. The molecule has 1 aromatic carbocycles. The minimum atomic E-state index is -1.13. The Kier molecular flexibility index (Phi) is 6.83. The lowest BCUT2D eigenvalue weighted by atomic mass is 10.1. The monoisotopic (exact) mass is 390 g/mol. The number of halogens is 2. The first-order valence-corrected chi connectivity index (χ1v) is 7.64. The zero-order valence-electron chi connectivity index (χ0n) is 12.1. The van der Waals surface area contributed by atoms with E-state index in [0.29, 0.717) is 9.50 Å². The Morgan fingerprint density at radius 1 is 1.41 bits per heavy atom. The van der Waals surface area contributed by atoms with Crippen molar-refractivity contribution < 1.29 is 19.5 Å². The van der Waals surface area contributed by atoms with Crippen molar-refractivity contribution in [3.05, 3.63) is 33.3 Å². The van der Waals surface area contributed by atoms with Crippen LogP contribution in [0.1, 0.15) is 24.2 Å². The number of aliphatic carboxylic acids is 1. The fourth-order valence-electron chi connectivity index (χ4n) is 1.75. The summed E-state index contributed by atoms with van der Waals surface area (Å²) < 4.78 is 0.641. The van der Waals surface area contributed by atoms with Crippen LogP contribution in [0.3, 0.4) is 0 Å². The second kappa shape index (κ2) is 8.14. The summed E-state index contributed by atoms with van der Waals surface area (Å²) in [4.78, 5) is 35.8. The molecule has 0 aliphatic heterocycles. The van der Waals surface area contributed by atoms with Crippen molar-refractivity contribution in [3.63, 3.8) is 0 Å². The summed E-state index contributed by atoms with van der Waals surface area (Å²) in [5.41, 5.74) is 0.282. The van der Waals surface area contributed by atoms with Crippen molar-refractivity contribution in [3.8, 4) is 0 Å². The van der Waals surface area contributed by atoms with E-state index >= 15 is 0 Å². The van der Waals surface area contributed by atoms with Crippen LogP contribution in [0.15, 0.2) is 22.7 Å². The van der Waals surface area contributed by atoms with Gasteiger partial charge in [0.05, 0.1) is 5.02 Å². The molecule has 0 heterocycles. The quantitative estimate of drug-likeness (QED) is 0.778. The molecular formula is C14H16BrClN2O4. The van der Waals surface area contributed by atoms with Gasteiger partial charge in [0, 0.05) is 30.0 Å². The van der Waals surface area contributed by atoms with Crippen LogP contribution >= 0.6 is 27.5 Å². The van der Waals surface area contributed by atoms with Crippen molar-refractivity contribution >= 4 is 45.3 Å². The molecule has 6 nitrogen and oxygen atoms in total. The van der Waals surface area contributed by atoms with Gasteiger partial charge in [-0.3, -0.25) is 9.59 Å². The zero-order valence-corrected chi connectivity index (χ0v) is 14.4. The summed E-state index contributed by atoms with van der Waals surface area (Å²) in [5, 5.41) is 12.0. The lowest BCUT2D eigenvalue weighted by Gasteiger charge is -2.26. The van der Waals surface area contributed by atoms with E-state index in [0.717, 1.165) is 0 Å². The van der Waals surface area contributed by atoms with Gasteiger partial charge in [-0.25, -0.2) is 4.79 Å². The maximum atomic E-state index is 12.5. The predicted molar refractivity (Wildman–Crippen MR) is 86.0 cm³/mol. The Morgan fingerprint density at radius 2 is 2.05 bits per heavy atom. The largest absolute Gasteiger partial charge is 0.480 e. The Hall–Kier alpha value is -1.60. The minimum absolute atomic E-state index is 0.0829. The minimum Gasteiger partial charge on any atom is -0.480 e. The van der Waals surface area contributed by atoms with Gasteiger partial charge in [-0.1, -0.05) is 11.6 Å². The van der Waals surface area contributed by atoms with Gasteiger partial charge in [0.2, 0.25) is 5.91 Å². The van der Waals surface area contributed by atoms with E-state index in [2.05, 4.69) is 21.2 Å². The molecule has 0 saturated heterocycles. The average molecular weight is 392 g/mol. The summed E-state index contributed by atoms with van der Waals surface area (Å²) in [6.07, 6.45) is 0. The Balaban J connectivity index is 2.97. The summed E-state index contributed by atoms with van der Waals surface area (Å²) in [5.74, 6) is -1.84. The number of hydrogen-bond acceptors (Lipinski definition) is 3. The molecule has 0 aromatic heterocycles. The van der Waals surface area contributed by atoms with Crippen molar-refractivity contribution in [1.82, 2.24) is 10.2 Å². The Labute approximate surface area is 141 Å². The topological polar surface area (TPSA) is 86.7 Å². The van der Waals surface area contributed by atoms with E-state index in [1.807, 2.05) is 0 Å². The lowest BCUT2D eigenvalue weighted by Crippen LogP contribution is -2.46. The first-order chi connectivity index (χ1) is 10.2. The van der Waals surface area contributed by atoms with Gasteiger partial charge in [-0.2, -0.15) is 0 Å². The Morgan fingerprint density at radius 3 is 2.55 bits per heavy atom. The molecule has 0 radical (unpaired) electrons. The molecule has 1 aromatic rings. The third kappa shape index (κ3) is 4.99. The number of carboxylic acid groups (broad SMARTS) is 1. The number of nitrogens with zero attached hydrogens (tertiary/aromatic N) is 1. The third-order valence-electron chi connectivity index (χ3n) is 2.98. The fourth-order valence-corrected chi connectivity index (χ4v) is 2.18. The van der Waals surface area contributed by atoms with Gasteiger partial charge in [0.1, 0.15) is 6.04 Å². The molecule has 1 unspecified atom stereocenters. The lowest BCUT2D eigenvalue weighted by molar-refractivity contribution is -0.141. The summed E-state index contributed by atoms with van der Waals surface area (Å²) in [6, 6.07) is 3.61. The second-order valence-corrected chi connectivity index (χ2v) is 5.89. The number of rotatable bonds is 6. The van der Waals surface area contributed by atoms with E-state index in [4.69, 9.17) is 16.7 Å². The third-order valence-corrected chi connectivity index (χ3v) is 4.21. The van der Waals surface area contributed by atoms with Gasteiger partial charge in [-0.05, 0) is 41.1 Å². The van der Waals surface area contributed by atoms with Crippen molar-refractivity contribution in [2.45, 2.75) is 19.9 Å². The molecule has 8 heteroatoms. The summed E-state index contributed by atoms with van der Waals surface area (Å²) in [6.45, 7) is 3.01. The molecule has 0 fully saturated rings. The normalized spacial score (nSPS) is 11.6. The van der Waals surface area contributed by atoms with Gasteiger partial charge in [0.25, 0.3) is 5.91 Å². The number of carboxylic acids is 1. The number of benzene rings is 1. The van der Waals surface area contributed by atoms with E-state index in [-0.39, 0.29) is 24.6 Å². The standard InChI is InChI=1S/C14H16BrClN2O4/c1-8(14(21)22)18(6-5-17-9(2)19)13(20)10-3-4-11(15)12(16)7-10/h3-4,7-8H,5-6H2,1-2H3,(H,17,19)(H,21,22). The predicted octanol–water partition coefficient (Wildman–Crippen LogP) is 2.15. The van der Waals surface area contributed by atoms with E-state index < -0.39 is 17.9 Å². The van der Waals surface area contributed by atoms with Gasteiger partial charge < -0.3 is 15.3 Å². The van der Waals surface area contributed by atoms with E-state index in [1.165, 1.54) is 24.8 Å². The number of hydrogen-bond donors (Lipinski definition) is 2. The van der Waals surface area contributed by atoms with Crippen LogP contribution in [-0.2, 0) is 9.59 Å². The first-order valence-electron chi connectivity index (χ1n) is 6.47. The first kappa shape index (κ1) is 18.4. The van der Waals surface area contributed by atoms with Crippen LogP contribution in [0.25, 0.3) is 0 Å². The average Bonchev–Trinajstić information content (AvgIpc) is 2.44. The molecule has 0 aliphatic carbocycles. The van der Waals surface area contributed by atoms with Crippen molar-refractivity contribution in [2.24, 2.45) is 0 Å². The SMILES string of the molecule is CC(=O)NCCN(C(=O)c1ccc(Br)c(Cl)c1)C(C)C(=O)O. The maximum Gasteiger partial charge on any atom is 0.326 e. The summed E-state index contributed by atoms with van der Waals surface area (Å²) >= 11 is 9.19. The molecule has 0 saturated carbocycles. The van der Waals surface area contributed by atoms with Crippen LogP contribution in [0, 0.1) is 0 Å². The highest BCUT2D eigenvalue weighted by Crippen LogP contribution is 2.24. The smallest absolute Gasteiger partial charge is 0.326 e. The molecule has 2 amide bonds. The number of nitrogens with one attached hydrogen (secondary N) is 1. The number of carbonyl (C=O) groups is 3. The van der Waals surface area contributed by atoms with E-state index in [9.17, 15) is 14.4 Å². The molecule has 0 aliphatic rings. The number of carbonyl (C=O) groups excluding carboxylic acids is 2. The highest BCUT2D eigenvalue weighted by molar-refractivity contribution is 9.10. The fraction of sp³-hybridized carbons (Fsp3) is 0.357. The van der Waals surface area contributed by atoms with Gasteiger partial charge >= 0.3 is 5.97 Å². The van der Waals surface area contributed by atoms with Crippen LogP contribution in [0.4, 0.5) is 0 Å². The number of amides is 2. The van der Waals surface area contributed by atoms with E-state index in [1.54, 1.807) is 12.1 Å². The molecule has 1 atom stereocenters. The highest BCUT2D eigenvalue weighted by Gasteiger charge is 2.26. The van der Waals surface area contributed by atoms with Crippen molar-refractivity contribution in [2.75, 3.05) is 13.1 Å². The van der Waals surface area contributed by atoms with Crippen molar-refractivity contribution in [1.29, 1.82) is 0 Å². The second-order valence-electron chi connectivity index (χ2n) is 4.62. The van der Waals surface area contributed by atoms with Crippen LogP contribution in [0.2, 0.25) is 5.02 Å². The molecule has 0 bridgehead atoms. The zero-order chi connectivity index (χ0) is 16.9. The highest BCUT2D eigenvalue weighted by atomic mass is 79.9.